The molecular formula is C12H14Cl2O3. The van der Waals surface area contributed by atoms with Crippen LogP contribution in [0.5, 0.6) is 5.75 Å². The van der Waals surface area contributed by atoms with Crippen molar-refractivity contribution in [2.24, 2.45) is 0 Å². The summed E-state index contributed by atoms with van der Waals surface area (Å²) in [5.41, 5.74) is -0.829. The Kier molecular flexibility index (Phi) is 4.15. The van der Waals surface area contributed by atoms with E-state index < -0.39 is 5.60 Å². The number of ether oxygens (including phenoxy) is 2. The molecule has 1 aliphatic heterocycles. The topological polar surface area (TPSA) is 38.7 Å². The third kappa shape index (κ3) is 3.49. The summed E-state index contributed by atoms with van der Waals surface area (Å²) in [4.78, 5) is 0. The number of rotatable bonds is 3. The van der Waals surface area contributed by atoms with E-state index in [4.69, 9.17) is 32.7 Å². The molecule has 0 unspecified atom stereocenters. The first-order valence-electron chi connectivity index (χ1n) is 5.47. The van der Waals surface area contributed by atoms with Crippen LogP contribution in [0.25, 0.3) is 0 Å². The molecule has 94 valence electrons. The number of benzene rings is 1. The summed E-state index contributed by atoms with van der Waals surface area (Å²) < 4.78 is 10.7. The Bertz CT molecular complexity index is 389. The predicted molar refractivity (Wildman–Crippen MR) is 67.0 cm³/mol. The van der Waals surface area contributed by atoms with Gasteiger partial charge in [-0.25, -0.2) is 0 Å². The van der Waals surface area contributed by atoms with Gasteiger partial charge in [-0.15, -0.1) is 0 Å². The molecule has 3 nitrogen and oxygen atoms in total. The Morgan fingerprint density at radius 3 is 2.71 bits per heavy atom. The molecule has 2 rings (SSSR count). The lowest BCUT2D eigenvalue weighted by Gasteiger charge is -2.31. The molecule has 0 radical (unpaired) electrons. The molecule has 0 atom stereocenters. The van der Waals surface area contributed by atoms with Gasteiger partial charge in [0.15, 0.2) is 0 Å². The second kappa shape index (κ2) is 5.44. The van der Waals surface area contributed by atoms with Crippen LogP contribution in [0, 0.1) is 0 Å². The molecule has 5 heteroatoms. The van der Waals surface area contributed by atoms with Gasteiger partial charge >= 0.3 is 0 Å². The van der Waals surface area contributed by atoms with Crippen molar-refractivity contribution in [2.45, 2.75) is 18.4 Å². The smallest absolute Gasteiger partial charge is 0.139 e. The SMILES string of the molecule is OC1(COc2cc(Cl)ccc2Cl)CCOCC1. The summed E-state index contributed by atoms with van der Waals surface area (Å²) in [5.74, 6) is 0.499. The second-order valence-corrected chi connectivity index (χ2v) is 5.04. The summed E-state index contributed by atoms with van der Waals surface area (Å²) in [5, 5.41) is 11.3. The summed E-state index contributed by atoms with van der Waals surface area (Å²) in [6, 6.07) is 5.01. The van der Waals surface area contributed by atoms with Gasteiger partial charge in [-0.2, -0.15) is 0 Å². The van der Waals surface area contributed by atoms with Gasteiger partial charge in [-0.05, 0) is 12.1 Å². The fourth-order valence-corrected chi connectivity index (χ4v) is 2.03. The first-order chi connectivity index (χ1) is 8.09. The molecule has 1 aliphatic rings. The van der Waals surface area contributed by atoms with E-state index in [1.165, 1.54) is 0 Å². The molecule has 0 bridgehead atoms. The largest absolute Gasteiger partial charge is 0.489 e. The Morgan fingerprint density at radius 1 is 1.29 bits per heavy atom. The van der Waals surface area contributed by atoms with E-state index >= 15 is 0 Å². The molecular weight excluding hydrogens is 263 g/mol. The predicted octanol–water partition coefficient (Wildman–Crippen LogP) is 2.91. The lowest BCUT2D eigenvalue weighted by Crippen LogP contribution is -2.41. The van der Waals surface area contributed by atoms with E-state index in [2.05, 4.69) is 0 Å². The van der Waals surface area contributed by atoms with Crippen molar-refractivity contribution in [3.63, 3.8) is 0 Å². The molecule has 1 saturated heterocycles. The van der Waals surface area contributed by atoms with Crippen molar-refractivity contribution in [3.8, 4) is 5.75 Å². The highest BCUT2D eigenvalue weighted by Crippen LogP contribution is 2.29. The standard InChI is InChI=1S/C12H14Cl2O3/c13-9-1-2-10(14)11(7-9)17-8-12(15)3-5-16-6-4-12/h1-2,7,15H,3-6,8H2. The van der Waals surface area contributed by atoms with Crippen molar-refractivity contribution < 1.29 is 14.6 Å². The molecule has 0 saturated carbocycles. The van der Waals surface area contributed by atoms with Crippen molar-refractivity contribution in [1.29, 1.82) is 0 Å². The van der Waals surface area contributed by atoms with Crippen LogP contribution in [0.1, 0.15) is 12.8 Å². The fraction of sp³-hybridized carbons (Fsp3) is 0.500. The van der Waals surface area contributed by atoms with Gasteiger partial charge in [-0.3, -0.25) is 0 Å². The maximum absolute atomic E-state index is 10.2. The summed E-state index contributed by atoms with van der Waals surface area (Å²) >= 11 is 11.8. The van der Waals surface area contributed by atoms with Crippen LogP contribution in [0.15, 0.2) is 18.2 Å². The van der Waals surface area contributed by atoms with Crippen molar-refractivity contribution in [3.05, 3.63) is 28.2 Å². The zero-order valence-electron chi connectivity index (χ0n) is 9.29. The first-order valence-corrected chi connectivity index (χ1v) is 6.23. The molecule has 1 heterocycles. The molecule has 1 aromatic rings. The highest BCUT2D eigenvalue weighted by molar-refractivity contribution is 6.34. The highest BCUT2D eigenvalue weighted by atomic mass is 35.5. The summed E-state index contributed by atoms with van der Waals surface area (Å²) in [6.07, 6.45) is 1.15. The molecule has 17 heavy (non-hydrogen) atoms. The summed E-state index contributed by atoms with van der Waals surface area (Å²) in [7, 11) is 0. The van der Waals surface area contributed by atoms with Crippen molar-refractivity contribution in [2.75, 3.05) is 19.8 Å². The third-order valence-electron chi connectivity index (χ3n) is 2.81. The van der Waals surface area contributed by atoms with Gasteiger partial charge < -0.3 is 14.6 Å². The first kappa shape index (κ1) is 13.0. The highest BCUT2D eigenvalue weighted by Gasteiger charge is 2.30. The van der Waals surface area contributed by atoms with Gasteiger partial charge in [0.2, 0.25) is 0 Å². The molecule has 0 amide bonds. The fourth-order valence-electron chi connectivity index (χ4n) is 1.70. The van der Waals surface area contributed by atoms with Crippen molar-refractivity contribution >= 4 is 23.2 Å². The van der Waals surface area contributed by atoms with Gasteiger partial charge in [-0.1, -0.05) is 23.2 Å². The maximum Gasteiger partial charge on any atom is 0.139 e. The maximum atomic E-state index is 10.2. The van der Waals surface area contributed by atoms with Gasteiger partial charge in [0.05, 0.1) is 5.02 Å². The Balaban J connectivity index is 1.99. The molecule has 1 aromatic carbocycles. The van der Waals surface area contributed by atoms with Gasteiger partial charge in [0.25, 0.3) is 0 Å². The van der Waals surface area contributed by atoms with E-state index in [0.717, 1.165) is 0 Å². The van der Waals surface area contributed by atoms with E-state index in [1.807, 2.05) is 0 Å². The van der Waals surface area contributed by atoms with Gasteiger partial charge in [0.1, 0.15) is 18.0 Å². The van der Waals surface area contributed by atoms with Crippen molar-refractivity contribution in [1.82, 2.24) is 0 Å². The third-order valence-corrected chi connectivity index (χ3v) is 3.36. The molecule has 1 N–H and O–H groups in total. The second-order valence-electron chi connectivity index (χ2n) is 4.20. The normalized spacial score (nSPS) is 19.0. The van der Waals surface area contributed by atoms with Crippen LogP contribution in [0.2, 0.25) is 10.0 Å². The minimum Gasteiger partial charge on any atom is -0.489 e. The lowest BCUT2D eigenvalue weighted by molar-refractivity contribution is -0.0855. The van der Waals surface area contributed by atoms with Crippen LogP contribution < -0.4 is 4.74 Å². The van der Waals surface area contributed by atoms with Crippen LogP contribution in [0.3, 0.4) is 0 Å². The molecule has 1 fully saturated rings. The van der Waals surface area contributed by atoms with Crippen LogP contribution in [-0.2, 0) is 4.74 Å². The van der Waals surface area contributed by atoms with E-state index in [-0.39, 0.29) is 6.61 Å². The number of hydrogen-bond acceptors (Lipinski definition) is 3. The van der Waals surface area contributed by atoms with E-state index in [0.29, 0.717) is 41.9 Å². The molecule has 0 spiro atoms. The monoisotopic (exact) mass is 276 g/mol. The Labute approximate surface area is 110 Å². The minimum absolute atomic E-state index is 0.205. The average Bonchev–Trinajstić information content (AvgIpc) is 2.31. The number of aliphatic hydroxyl groups is 1. The van der Waals surface area contributed by atoms with E-state index in [9.17, 15) is 5.11 Å². The lowest BCUT2D eigenvalue weighted by atomic mass is 9.96. The number of hydrogen-bond donors (Lipinski definition) is 1. The zero-order chi connectivity index (χ0) is 12.3. The zero-order valence-corrected chi connectivity index (χ0v) is 10.8. The quantitative estimate of drug-likeness (QED) is 0.923. The molecule has 0 aromatic heterocycles. The van der Waals surface area contributed by atoms with Crippen LogP contribution in [-0.4, -0.2) is 30.5 Å². The Morgan fingerprint density at radius 2 is 2.00 bits per heavy atom. The Hall–Kier alpha value is -0.480. The van der Waals surface area contributed by atoms with Crippen LogP contribution >= 0.6 is 23.2 Å². The minimum atomic E-state index is -0.829. The van der Waals surface area contributed by atoms with Crippen LogP contribution in [0.4, 0.5) is 0 Å². The summed E-state index contributed by atoms with van der Waals surface area (Å²) in [6.45, 7) is 1.32. The average molecular weight is 277 g/mol. The number of halogens is 2. The molecule has 0 aliphatic carbocycles. The van der Waals surface area contributed by atoms with E-state index in [1.54, 1.807) is 18.2 Å². The van der Waals surface area contributed by atoms with Gasteiger partial charge in [0, 0.05) is 37.1 Å².